The highest BCUT2D eigenvalue weighted by Gasteiger charge is 2.26. The van der Waals surface area contributed by atoms with Gasteiger partial charge in [0.1, 0.15) is 0 Å². The minimum atomic E-state index is 0.0929. The maximum absolute atomic E-state index is 2.59. The summed E-state index contributed by atoms with van der Waals surface area (Å²) < 4.78 is 7.88. The number of benzene rings is 7. The van der Waals surface area contributed by atoms with Gasteiger partial charge in [0.05, 0.1) is 25.9 Å². The highest BCUT2D eigenvalue weighted by Crippen LogP contribution is 2.51. The fourth-order valence-corrected chi connectivity index (χ4v) is 11.5. The molecule has 0 bridgehead atoms. The van der Waals surface area contributed by atoms with E-state index in [0.29, 0.717) is 0 Å². The van der Waals surface area contributed by atoms with Crippen LogP contribution in [-0.2, 0) is 10.8 Å². The summed E-state index contributed by atoms with van der Waals surface area (Å²) in [6, 6.07) is 60.7. The molecular formula is C54H45N3S2. The molecular weight excluding hydrogens is 755 g/mol. The summed E-state index contributed by atoms with van der Waals surface area (Å²) in [5, 5.41) is 5.26. The number of para-hydroxylation sites is 3. The quantitative estimate of drug-likeness (QED) is 0.166. The second-order valence-corrected chi connectivity index (χ2v) is 20.0. The van der Waals surface area contributed by atoms with Gasteiger partial charge in [-0.05, 0) is 107 Å². The Morgan fingerprint density at radius 1 is 0.356 bits per heavy atom. The van der Waals surface area contributed by atoms with Gasteiger partial charge in [-0.2, -0.15) is 0 Å². The zero-order valence-corrected chi connectivity index (χ0v) is 35.9. The Bertz CT molecular complexity index is 3100. The van der Waals surface area contributed by atoms with Crippen molar-refractivity contribution in [3.8, 4) is 0 Å². The Balaban J connectivity index is 1.08. The molecule has 4 aromatic heterocycles. The summed E-state index contributed by atoms with van der Waals surface area (Å²) in [5.41, 5.74) is 13.7. The van der Waals surface area contributed by atoms with Gasteiger partial charge in [0.15, 0.2) is 0 Å². The number of rotatable bonds is 6. The molecule has 0 atom stereocenters. The summed E-state index contributed by atoms with van der Waals surface area (Å²) in [6.07, 6.45) is 0. The Labute approximate surface area is 353 Å². The van der Waals surface area contributed by atoms with Crippen LogP contribution in [0.2, 0.25) is 0 Å². The molecule has 4 heterocycles. The lowest BCUT2D eigenvalue weighted by Crippen LogP contribution is -2.13. The summed E-state index contributed by atoms with van der Waals surface area (Å²) in [6.45, 7) is 13.6. The van der Waals surface area contributed by atoms with E-state index in [-0.39, 0.29) is 10.8 Å². The third-order valence-electron chi connectivity index (χ3n) is 12.0. The van der Waals surface area contributed by atoms with E-state index < -0.39 is 0 Å². The van der Waals surface area contributed by atoms with Crippen molar-refractivity contribution in [3.63, 3.8) is 0 Å². The van der Waals surface area contributed by atoms with E-state index in [1.54, 1.807) is 0 Å². The first-order valence-corrected chi connectivity index (χ1v) is 22.1. The van der Waals surface area contributed by atoms with E-state index in [0.717, 1.165) is 34.1 Å². The molecule has 0 N–H and O–H groups in total. The number of hydrogen-bond acceptors (Lipinski definition) is 4. The van der Waals surface area contributed by atoms with Gasteiger partial charge in [-0.3, -0.25) is 0 Å². The average Bonchev–Trinajstić information content (AvgIpc) is 3.97. The average molecular weight is 800 g/mol. The van der Waals surface area contributed by atoms with E-state index >= 15 is 0 Å². The van der Waals surface area contributed by atoms with Crippen LogP contribution in [0.4, 0.5) is 34.1 Å². The second-order valence-electron chi connectivity index (χ2n) is 17.9. The highest BCUT2D eigenvalue weighted by atomic mass is 32.1. The molecule has 0 amide bonds. The zero-order chi connectivity index (χ0) is 40.2. The Morgan fingerprint density at radius 3 is 1.12 bits per heavy atom. The summed E-state index contributed by atoms with van der Waals surface area (Å²) in [4.78, 5) is 4.77. The van der Waals surface area contributed by atoms with Gasteiger partial charge < -0.3 is 14.2 Å². The van der Waals surface area contributed by atoms with Crippen LogP contribution in [0.15, 0.2) is 164 Å². The summed E-state index contributed by atoms with van der Waals surface area (Å²) in [7, 11) is 0. The van der Waals surface area contributed by atoms with Crippen LogP contribution in [0.25, 0.3) is 56.9 Å². The van der Waals surface area contributed by atoms with Crippen molar-refractivity contribution < 1.29 is 0 Å². The van der Waals surface area contributed by atoms with Gasteiger partial charge in [0, 0.05) is 65.1 Å². The standard InChI is InChI=1S/C54H45N3S2/c1-53(2,3)34-20-24-38(25-21-34)55(36-14-9-7-10-15-36)40-28-30-42-46(32-40)58-51-44-18-13-19-45-48(44)57(49(42)51)50-43-31-29-41(33-47(43)59-52(45)50)56(37-16-11-8-12-17-37)39-26-22-35(23-27-39)54(4,5)6/h7-33H,1-6H3. The summed E-state index contributed by atoms with van der Waals surface area (Å²) >= 11 is 3.84. The smallest absolute Gasteiger partial charge is 0.0728 e. The third-order valence-corrected chi connectivity index (χ3v) is 14.4. The minimum Gasteiger partial charge on any atom is -0.310 e. The number of anilines is 6. The van der Waals surface area contributed by atoms with Crippen LogP contribution >= 0.6 is 22.7 Å². The van der Waals surface area contributed by atoms with Crippen LogP contribution in [-0.4, -0.2) is 4.40 Å². The van der Waals surface area contributed by atoms with Crippen LogP contribution in [0.5, 0.6) is 0 Å². The first-order chi connectivity index (χ1) is 28.5. The van der Waals surface area contributed by atoms with Gasteiger partial charge in [-0.1, -0.05) is 120 Å². The number of thiophene rings is 2. The molecule has 0 fully saturated rings. The maximum Gasteiger partial charge on any atom is 0.0728 e. The molecule has 3 nitrogen and oxygen atoms in total. The zero-order valence-electron chi connectivity index (χ0n) is 34.2. The molecule has 288 valence electrons. The van der Waals surface area contributed by atoms with Crippen LogP contribution < -0.4 is 9.80 Å². The van der Waals surface area contributed by atoms with E-state index in [4.69, 9.17) is 0 Å². The number of aromatic nitrogens is 1. The van der Waals surface area contributed by atoms with Gasteiger partial charge >= 0.3 is 0 Å². The Morgan fingerprint density at radius 2 is 0.729 bits per heavy atom. The van der Waals surface area contributed by atoms with Crippen molar-refractivity contribution >= 4 is 114 Å². The predicted octanol–water partition coefficient (Wildman–Crippen LogP) is 16.8. The molecule has 0 spiro atoms. The topological polar surface area (TPSA) is 10.9 Å². The highest BCUT2D eigenvalue weighted by molar-refractivity contribution is 7.27. The van der Waals surface area contributed by atoms with Crippen molar-refractivity contribution in [1.29, 1.82) is 0 Å². The molecule has 0 unspecified atom stereocenters. The van der Waals surface area contributed by atoms with Crippen LogP contribution in [0.1, 0.15) is 52.7 Å². The second kappa shape index (κ2) is 13.2. The molecule has 11 aromatic rings. The number of nitrogens with zero attached hydrogens (tertiary/aromatic N) is 3. The molecule has 11 rings (SSSR count). The van der Waals surface area contributed by atoms with E-state index in [9.17, 15) is 0 Å². The SMILES string of the molecule is CC(C)(C)c1ccc(N(c2ccccc2)c2ccc3c(c2)sc2c4cccc5c6sc7cc(N(c8ccccc8)c8ccc(C(C)(C)C)cc8)ccc7c6n(c45)c32)cc1. The molecule has 0 saturated heterocycles. The molecule has 7 aromatic carbocycles. The lowest BCUT2D eigenvalue weighted by Gasteiger charge is -2.27. The van der Waals surface area contributed by atoms with Gasteiger partial charge in [0.2, 0.25) is 0 Å². The van der Waals surface area contributed by atoms with Gasteiger partial charge in [-0.25, -0.2) is 0 Å². The molecule has 0 radical (unpaired) electrons. The fraction of sp³-hybridized carbons (Fsp3) is 0.148. The largest absolute Gasteiger partial charge is 0.310 e. The van der Waals surface area contributed by atoms with Gasteiger partial charge in [0.25, 0.3) is 0 Å². The molecule has 0 aliphatic rings. The summed E-state index contributed by atoms with van der Waals surface area (Å²) in [5.74, 6) is 0. The van der Waals surface area contributed by atoms with Crippen molar-refractivity contribution in [1.82, 2.24) is 4.40 Å². The Kier molecular flexibility index (Phi) is 8.04. The third kappa shape index (κ3) is 5.74. The number of fused-ring (bicyclic) bond motifs is 10. The van der Waals surface area contributed by atoms with Crippen molar-refractivity contribution in [3.05, 3.63) is 175 Å². The fourth-order valence-electron chi connectivity index (χ4n) is 8.99. The maximum atomic E-state index is 2.59. The first-order valence-electron chi connectivity index (χ1n) is 20.5. The lowest BCUT2D eigenvalue weighted by atomic mass is 9.87. The molecule has 59 heavy (non-hydrogen) atoms. The Hall–Kier alpha value is -6.14. The molecule has 5 heteroatoms. The minimum absolute atomic E-state index is 0.0929. The van der Waals surface area contributed by atoms with Crippen LogP contribution in [0.3, 0.4) is 0 Å². The van der Waals surface area contributed by atoms with Crippen molar-refractivity contribution in [2.75, 3.05) is 9.80 Å². The predicted molar refractivity (Wildman–Crippen MR) is 259 cm³/mol. The first kappa shape index (κ1) is 36.0. The molecule has 0 aliphatic heterocycles. The lowest BCUT2D eigenvalue weighted by molar-refractivity contribution is 0.590. The van der Waals surface area contributed by atoms with Crippen molar-refractivity contribution in [2.24, 2.45) is 0 Å². The van der Waals surface area contributed by atoms with Gasteiger partial charge in [-0.15, -0.1) is 22.7 Å². The normalized spacial score (nSPS) is 12.6. The monoisotopic (exact) mass is 799 g/mol. The van der Waals surface area contributed by atoms with E-state index in [2.05, 4.69) is 220 Å². The molecule has 0 aliphatic carbocycles. The molecule has 0 saturated carbocycles. The van der Waals surface area contributed by atoms with Crippen LogP contribution in [0, 0.1) is 0 Å². The van der Waals surface area contributed by atoms with Crippen molar-refractivity contribution in [2.45, 2.75) is 52.4 Å². The van der Waals surface area contributed by atoms with E-state index in [1.807, 2.05) is 22.7 Å². The van der Waals surface area contributed by atoms with E-state index in [1.165, 1.54) is 68.0 Å². The number of hydrogen-bond donors (Lipinski definition) is 0.